The Bertz CT molecular complexity index is 1360. The zero-order valence-corrected chi connectivity index (χ0v) is 25.9. The van der Waals surface area contributed by atoms with Crippen LogP contribution in [0, 0.1) is 24.6 Å². The van der Waals surface area contributed by atoms with E-state index in [0.29, 0.717) is 41.4 Å². The number of halogens is 2. The first-order valence-corrected chi connectivity index (χ1v) is 16.3. The number of hydrogen-bond acceptors (Lipinski definition) is 7. The Labute approximate surface area is 258 Å². The molecular weight excluding hydrogens is 569 g/mol. The van der Waals surface area contributed by atoms with Gasteiger partial charge in [0.1, 0.15) is 11.6 Å². The Morgan fingerprint density at radius 2 is 2.09 bits per heavy atom. The van der Waals surface area contributed by atoms with E-state index in [0.717, 1.165) is 86.8 Å². The maximum absolute atomic E-state index is 15.5. The highest BCUT2D eigenvalue weighted by Gasteiger charge is 2.45. The summed E-state index contributed by atoms with van der Waals surface area (Å²) in [6.45, 7) is 5.70. The lowest BCUT2D eigenvalue weighted by molar-refractivity contribution is -0.155. The van der Waals surface area contributed by atoms with Crippen LogP contribution in [0.2, 0.25) is 5.02 Å². The molecule has 9 heteroatoms. The predicted molar refractivity (Wildman–Crippen MR) is 168 cm³/mol. The van der Waals surface area contributed by atoms with Crippen molar-refractivity contribution in [2.45, 2.75) is 96.2 Å². The molecule has 6 rings (SSSR count). The zero-order chi connectivity index (χ0) is 29.9. The Morgan fingerprint density at radius 3 is 2.91 bits per heavy atom. The van der Waals surface area contributed by atoms with Crippen LogP contribution in [0.5, 0.6) is 0 Å². The van der Waals surface area contributed by atoms with E-state index in [1.54, 1.807) is 6.07 Å². The van der Waals surface area contributed by atoms with Gasteiger partial charge >= 0.3 is 0 Å². The van der Waals surface area contributed by atoms with Crippen molar-refractivity contribution in [3.8, 4) is 0 Å². The summed E-state index contributed by atoms with van der Waals surface area (Å²) in [4.78, 5) is 9.80. The molecular formula is C34H43ClFN3O4. The smallest absolute Gasteiger partial charge is 0.157 e. The van der Waals surface area contributed by atoms with E-state index in [9.17, 15) is 5.11 Å². The highest BCUT2D eigenvalue weighted by atomic mass is 35.5. The van der Waals surface area contributed by atoms with Gasteiger partial charge in [-0.1, -0.05) is 36.7 Å². The molecule has 0 amide bonds. The number of ether oxygens (including phenoxy) is 3. The Morgan fingerprint density at radius 1 is 1.21 bits per heavy atom. The van der Waals surface area contributed by atoms with E-state index >= 15 is 4.39 Å². The number of pyridine rings is 1. The van der Waals surface area contributed by atoms with Gasteiger partial charge in [-0.2, -0.15) is 0 Å². The average molecular weight is 612 g/mol. The summed E-state index contributed by atoms with van der Waals surface area (Å²) in [5.41, 5.74) is 4.46. The molecule has 3 fully saturated rings. The number of aromatic nitrogens is 1. The quantitative estimate of drug-likeness (QED) is 0.271. The van der Waals surface area contributed by atoms with Crippen molar-refractivity contribution in [1.82, 2.24) is 4.98 Å². The molecule has 2 saturated heterocycles. The molecule has 232 valence electrons. The van der Waals surface area contributed by atoms with Gasteiger partial charge in [0, 0.05) is 23.8 Å². The van der Waals surface area contributed by atoms with E-state index < -0.39 is 0 Å². The molecule has 0 bridgehead atoms. The third-order valence-corrected chi connectivity index (χ3v) is 9.73. The summed E-state index contributed by atoms with van der Waals surface area (Å²) in [5.74, 6) is 1.53. The van der Waals surface area contributed by atoms with E-state index in [-0.39, 0.29) is 36.3 Å². The van der Waals surface area contributed by atoms with Gasteiger partial charge in [0.15, 0.2) is 12.1 Å². The molecule has 4 aliphatic rings. The SMILES string of the molecule is CCC(CC1CC[C@@H]2C(O)CO[C@H]12)=Nc1nc(NC2CCc3cc(/C=C/COC4CCCCO4)cc(F)c32)c(Cl)cc1C. The van der Waals surface area contributed by atoms with Gasteiger partial charge in [-0.25, -0.2) is 14.4 Å². The number of hydrogen-bond donors (Lipinski definition) is 2. The summed E-state index contributed by atoms with van der Waals surface area (Å²) in [6, 6.07) is 5.30. The molecule has 0 radical (unpaired) electrons. The van der Waals surface area contributed by atoms with Crippen LogP contribution in [0.15, 0.2) is 29.3 Å². The van der Waals surface area contributed by atoms with Gasteiger partial charge in [0.25, 0.3) is 0 Å². The Hall–Kier alpha value is -2.36. The third kappa shape index (κ3) is 6.99. The normalized spacial score (nSPS) is 28.9. The predicted octanol–water partition coefficient (Wildman–Crippen LogP) is 7.50. The molecule has 1 aromatic heterocycles. The maximum atomic E-state index is 15.5. The van der Waals surface area contributed by atoms with E-state index in [2.05, 4.69) is 18.3 Å². The highest BCUT2D eigenvalue weighted by molar-refractivity contribution is 6.33. The molecule has 43 heavy (non-hydrogen) atoms. The summed E-state index contributed by atoms with van der Waals surface area (Å²) in [6.07, 6.45) is 11.8. The number of benzene rings is 1. The lowest BCUT2D eigenvalue weighted by Gasteiger charge is -2.21. The first-order valence-electron chi connectivity index (χ1n) is 15.9. The van der Waals surface area contributed by atoms with Crippen molar-refractivity contribution in [3.63, 3.8) is 0 Å². The number of aliphatic imine (C=N–C) groups is 1. The minimum Gasteiger partial charge on any atom is -0.390 e. The standard InChI is InChI=1S/C34H43ClFN3O4/c1-3-24(18-23-9-11-25-29(40)19-43-32(23)25)37-33-20(2)15-26(35)34(39-33)38-28-12-10-22-16-21(17-27(36)31(22)28)7-6-14-42-30-8-4-5-13-41-30/h6-7,15-17,23,25,28-30,32,40H,3-5,8-14,18-19H2,1-2H3,(H,38,39)/b7-6+,37-24?/t23?,25-,28?,29?,30?,32-/m1/s1. The monoisotopic (exact) mass is 611 g/mol. The van der Waals surface area contributed by atoms with Gasteiger partial charge < -0.3 is 24.6 Å². The van der Waals surface area contributed by atoms with Crippen LogP contribution in [0.3, 0.4) is 0 Å². The van der Waals surface area contributed by atoms with Crippen LogP contribution < -0.4 is 5.32 Å². The zero-order valence-electron chi connectivity index (χ0n) is 25.2. The lowest BCUT2D eigenvalue weighted by atomic mass is 9.94. The fourth-order valence-electron chi connectivity index (χ4n) is 7.15. The topological polar surface area (TPSA) is 85.2 Å². The molecule has 1 aromatic carbocycles. The minimum absolute atomic E-state index is 0.112. The number of nitrogens with zero attached hydrogens (tertiary/aromatic N) is 2. The second-order valence-electron chi connectivity index (χ2n) is 12.4. The number of fused-ring (bicyclic) bond motifs is 2. The van der Waals surface area contributed by atoms with Crippen molar-refractivity contribution >= 4 is 35.0 Å². The molecule has 3 heterocycles. The summed E-state index contributed by atoms with van der Waals surface area (Å²) >= 11 is 6.64. The Kier molecular flexibility index (Phi) is 9.79. The summed E-state index contributed by atoms with van der Waals surface area (Å²) in [5, 5.41) is 14.1. The van der Waals surface area contributed by atoms with Crippen molar-refractivity contribution in [3.05, 3.63) is 57.4 Å². The van der Waals surface area contributed by atoms with Crippen LogP contribution in [0.4, 0.5) is 16.0 Å². The number of aryl methyl sites for hydroxylation is 2. The molecule has 7 nitrogen and oxygen atoms in total. The number of aliphatic hydroxyl groups excluding tert-OH is 1. The second kappa shape index (κ2) is 13.7. The first kappa shape index (κ1) is 30.7. The minimum atomic E-state index is -0.347. The number of rotatable bonds is 10. The molecule has 2 aromatic rings. The van der Waals surface area contributed by atoms with Crippen molar-refractivity contribution in [2.75, 3.05) is 25.1 Å². The van der Waals surface area contributed by atoms with Gasteiger partial charge in [0.05, 0.1) is 36.5 Å². The van der Waals surface area contributed by atoms with Gasteiger partial charge in [0.2, 0.25) is 0 Å². The summed E-state index contributed by atoms with van der Waals surface area (Å²) in [7, 11) is 0. The first-order chi connectivity index (χ1) is 20.9. The van der Waals surface area contributed by atoms with Crippen LogP contribution in [0.1, 0.15) is 86.6 Å². The number of aliphatic hydroxyl groups is 1. The van der Waals surface area contributed by atoms with Gasteiger partial charge in [-0.05, 0) is 99.5 Å². The van der Waals surface area contributed by atoms with Crippen LogP contribution in [-0.4, -0.2) is 54.1 Å². The molecule has 0 spiro atoms. The molecule has 6 atom stereocenters. The third-order valence-electron chi connectivity index (χ3n) is 9.45. The molecule has 1 saturated carbocycles. The van der Waals surface area contributed by atoms with E-state index in [1.807, 2.05) is 25.1 Å². The number of anilines is 1. The van der Waals surface area contributed by atoms with E-state index in [1.165, 1.54) is 0 Å². The van der Waals surface area contributed by atoms with Crippen molar-refractivity contribution in [1.29, 1.82) is 0 Å². The average Bonchev–Trinajstić information content (AvgIpc) is 3.70. The van der Waals surface area contributed by atoms with Crippen molar-refractivity contribution < 1.29 is 23.7 Å². The molecule has 2 aliphatic heterocycles. The molecule has 2 N–H and O–H groups in total. The van der Waals surface area contributed by atoms with Gasteiger partial charge in [-0.3, -0.25) is 0 Å². The van der Waals surface area contributed by atoms with Crippen molar-refractivity contribution in [2.24, 2.45) is 16.8 Å². The fourth-order valence-corrected chi connectivity index (χ4v) is 7.41. The van der Waals surface area contributed by atoms with E-state index in [4.69, 9.17) is 35.8 Å². The van der Waals surface area contributed by atoms with Crippen LogP contribution >= 0.6 is 11.6 Å². The van der Waals surface area contributed by atoms with Crippen LogP contribution in [0.25, 0.3) is 6.08 Å². The molecule has 4 unspecified atom stereocenters. The Balaban J connectivity index is 1.13. The maximum Gasteiger partial charge on any atom is 0.157 e. The summed E-state index contributed by atoms with van der Waals surface area (Å²) < 4.78 is 32.8. The lowest BCUT2D eigenvalue weighted by Crippen LogP contribution is -2.23. The fraction of sp³-hybridized carbons (Fsp3) is 0.588. The number of nitrogens with one attached hydrogen (secondary N) is 1. The van der Waals surface area contributed by atoms with Crippen LogP contribution in [-0.2, 0) is 20.6 Å². The van der Waals surface area contributed by atoms with Gasteiger partial charge in [-0.15, -0.1) is 0 Å². The second-order valence-corrected chi connectivity index (χ2v) is 12.8. The largest absolute Gasteiger partial charge is 0.390 e. The molecule has 2 aliphatic carbocycles. The highest BCUT2D eigenvalue weighted by Crippen LogP contribution is 2.43.